The summed E-state index contributed by atoms with van der Waals surface area (Å²) in [6, 6.07) is 1.36. The Morgan fingerprint density at radius 3 is 2.94 bits per heavy atom. The fourth-order valence-corrected chi connectivity index (χ4v) is 1.63. The lowest BCUT2D eigenvalue weighted by atomic mass is 10.2. The minimum Gasteiger partial charge on any atom is -0.478 e. The van der Waals surface area contributed by atoms with Gasteiger partial charge in [0.1, 0.15) is 6.10 Å². The van der Waals surface area contributed by atoms with Crippen LogP contribution in [0.3, 0.4) is 0 Å². The van der Waals surface area contributed by atoms with E-state index in [1.807, 2.05) is 0 Å². The molecule has 0 bridgehead atoms. The van der Waals surface area contributed by atoms with Crippen molar-refractivity contribution in [2.45, 2.75) is 18.9 Å². The van der Waals surface area contributed by atoms with Crippen LogP contribution >= 0.6 is 0 Å². The van der Waals surface area contributed by atoms with Gasteiger partial charge < -0.3 is 15.2 Å². The molecule has 6 nitrogen and oxygen atoms in total. The molecule has 1 aliphatic rings. The van der Waals surface area contributed by atoms with Crippen molar-refractivity contribution >= 4 is 17.6 Å². The lowest BCUT2D eigenvalue weighted by Gasteiger charge is -2.10. The van der Waals surface area contributed by atoms with Crippen LogP contribution in [0.2, 0.25) is 0 Å². The van der Waals surface area contributed by atoms with Crippen LogP contribution in [-0.2, 0) is 9.53 Å². The molecule has 0 saturated carbocycles. The van der Waals surface area contributed by atoms with E-state index in [9.17, 15) is 9.59 Å². The van der Waals surface area contributed by atoms with E-state index in [0.29, 0.717) is 18.7 Å². The third-order valence-electron chi connectivity index (χ3n) is 2.47. The molecule has 17 heavy (non-hydrogen) atoms. The summed E-state index contributed by atoms with van der Waals surface area (Å²) in [6.07, 6.45) is 3.75. The topological polar surface area (TPSA) is 88.5 Å². The van der Waals surface area contributed by atoms with Crippen LogP contribution in [0.5, 0.6) is 0 Å². The van der Waals surface area contributed by atoms with Crippen molar-refractivity contribution in [1.29, 1.82) is 0 Å². The molecule has 0 aromatic carbocycles. The van der Waals surface area contributed by atoms with Crippen molar-refractivity contribution in [2.75, 3.05) is 11.9 Å². The number of carbonyl (C=O) groups is 2. The van der Waals surface area contributed by atoms with Gasteiger partial charge in [0.05, 0.1) is 17.4 Å². The monoisotopic (exact) mass is 236 g/mol. The first-order valence-corrected chi connectivity index (χ1v) is 5.27. The number of nitrogens with zero attached hydrogens (tertiary/aromatic N) is 1. The van der Waals surface area contributed by atoms with E-state index in [1.54, 1.807) is 0 Å². The number of hydrogen-bond donors (Lipinski definition) is 2. The number of carbonyl (C=O) groups excluding carboxylic acids is 1. The standard InChI is InChI=1S/C11H12N2O4/c14-10(9-2-1-3-17-9)13-8-4-7(11(15)16)5-12-6-8/h4-6,9H,1-3H2,(H,13,14)(H,15,16). The summed E-state index contributed by atoms with van der Waals surface area (Å²) in [5, 5.41) is 11.4. The Labute approximate surface area is 97.6 Å². The second-order valence-electron chi connectivity index (χ2n) is 3.76. The van der Waals surface area contributed by atoms with E-state index >= 15 is 0 Å². The maximum atomic E-state index is 11.7. The SMILES string of the molecule is O=C(O)c1cncc(NC(=O)C2CCCO2)c1. The van der Waals surface area contributed by atoms with Crippen LogP contribution in [0.4, 0.5) is 5.69 Å². The second kappa shape index (κ2) is 4.92. The zero-order valence-electron chi connectivity index (χ0n) is 9.05. The minimum absolute atomic E-state index is 0.0372. The van der Waals surface area contributed by atoms with Gasteiger partial charge in [-0.2, -0.15) is 0 Å². The van der Waals surface area contributed by atoms with Crippen LogP contribution in [0, 0.1) is 0 Å². The molecule has 1 aromatic heterocycles. The van der Waals surface area contributed by atoms with Gasteiger partial charge in [-0.1, -0.05) is 0 Å². The van der Waals surface area contributed by atoms with Crippen molar-refractivity contribution in [1.82, 2.24) is 4.98 Å². The summed E-state index contributed by atoms with van der Waals surface area (Å²) >= 11 is 0. The highest BCUT2D eigenvalue weighted by molar-refractivity contribution is 5.95. The van der Waals surface area contributed by atoms with Gasteiger partial charge in [-0.25, -0.2) is 4.79 Å². The third-order valence-corrected chi connectivity index (χ3v) is 2.47. The van der Waals surface area contributed by atoms with Gasteiger partial charge in [0.15, 0.2) is 0 Å². The quantitative estimate of drug-likeness (QED) is 0.813. The number of nitrogens with one attached hydrogen (secondary N) is 1. The van der Waals surface area contributed by atoms with Gasteiger partial charge in [-0.15, -0.1) is 0 Å². The Balaban J connectivity index is 2.05. The number of aromatic carboxylic acids is 1. The summed E-state index contributed by atoms with van der Waals surface area (Å²) in [5.41, 5.74) is 0.403. The van der Waals surface area contributed by atoms with E-state index in [0.717, 1.165) is 6.42 Å². The Hall–Kier alpha value is -1.95. The lowest BCUT2D eigenvalue weighted by molar-refractivity contribution is -0.124. The first kappa shape index (κ1) is 11.5. The smallest absolute Gasteiger partial charge is 0.337 e. The molecule has 2 rings (SSSR count). The predicted octanol–water partition coefficient (Wildman–Crippen LogP) is 0.897. The summed E-state index contributed by atoms with van der Waals surface area (Å²) in [6.45, 7) is 0.589. The molecule has 90 valence electrons. The molecule has 1 saturated heterocycles. The molecule has 1 aromatic rings. The molecule has 0 aliphatic carbocycles. The van der Waals surface area contributed by atoms with Crippen LogP contribution in [0.15, 0.2) is 18.5 Å². The number of amides is 1. The maximum Gasteiger partial charge on any atom is 0.337 e. The Bertz CT molecular complexity index is 441. The number of ether oxygens (including phenoxy) is 1. The molecule has 1 fully saturated rings. The first-order valence-electron chi connectivity index (χ1n) is 5.27. The molecule has 1 amide bonds. The van der Waals surface area contributed by atoms with Crippen LogP contribution < -0.4 is 5.32 Å². The fraction of sp³-hybridized carbons (Fsp3) is 0.364. The highest BCUT2D eigenvalue weighted by Gasteiger charge is 2.23. The highest BCUT2D eigenvalue weighted by Crippen LogP contribution is 2.15. The second-order valence-corrected chi connectivity index (χ2v) is 3.76. The Morgan fingerprint density at radius 1 is 1.47 bits per heavy atom. The van der Waals surface area contributed by atoms with Crippen LogP contribution in [0.25, 0.3) is 0 Å². The van der Waals surface area contributed by atoms with Gasteiger partial charge in [-0.05, 0) is 18.9 Å². The van der Waals surface area contributed by atoms with Crippen molar-refractivity contribution in [3.8, 4) is 0 Å². The number of hydrogen-bond acceptors (Lipinski definition) is 4. The number of anilines is 1. The number of aromatic nitrogens is 1. The van der Waals surface area contributed by atoms with Crippen LogP contribution in [-0.4, -0.2) is 34.7 Å². The molecule has 2 heterocycles. The minimum atomic E-state index is -1.08. The maximum absolute atomic E-state index is 11.7. The van der Waals surface area contributed by atoms with Gasteiger partial charge in [0.25, 0.3) is 5.91 Å². The van der Waals surface area contributed by atoms with Gasteiger partial charge in [0, 0.05) is 12.8 Å². The van der Waals surface area contributed by atoms with E-state index in [1.165, 1.54) is 18.5 Å². The molecule has 2 N–H and O–H groups in total. The number of carboxylic acid groups (broad SMARTS) is 1. The summed E-state index contributed by atoms with van der Waals surface area (Å²) in [5.74, 6) is -1.34. The molecular formula is C11H12N2O4. The average Bonchev–Trinajstić information content (AvgIpc) is 2.82. The zero-order chi connectivity index (χ0) is 12.3. The fourth-order valence-electron chi connectivity index (χ4n) is 1.63. The number of pyridine rings is 1. The molecule has 6 heteroatoms. The average molecular weight is 236 g/mol. The predicted molar refractivity (Wildman–Crippen MR) is 58.8 cm³/mol. The largest absolute Gasteiger partial charge is 0.478 e. The van der Waals surface area contributed by atoms with Crippen molar-refractivity contribution in [3.63, 3.8) is 0 Å². The van der Waals surface area contributed by atoms with E-state index < -0.39 is 12.1 Å². The summed E-state index contributed by atoms with van der Waals surface area (Å²) < 4.78 is 5.22. The Morgan fingerprint density at radius 2 is 2.29 bits per heavy atom. The number of rotatable bonds is 3. The lowest BCUT2D eigenvalue weighted by Crippen LogP contribution is -2.27. The zero-order valence-corrected chi connectivity index (χ0v) is 9.05. The number of carboxylic acids is 1. The van der Waals surface area contributed by atoms with Crippen LogP contribution in [0.1, 0.15) is 23.2 Å². The molecule has 1 atom stereocenters. The van der Waals surface area contributed by atoms with Crippen molar-refractivity contribution < 1.29 is 19.4 Å². The van der Waals surface area contributed by atoms with E-state index in [-0.39, 0.29) is 11.5 Å². The summed E-state index contributed by atoms with van der Waals surface area (Å²) in [7, 11) is 0. The molecule has 1 unspecified atom stereocenters. The van der Waals surface area contributed by atoms with E-state index in [2.05, 4.69) is 10.3 Å². The summed E-state index contributed by atoms with van der Waals surface area (Å²) in [4.78, 5) is 26.2. The first-order chi connectivity index (χ1) is 8.16. The highest BCUT2D eigenvalue weighted by atomic mass is 16.5. The molecule has 0 spiro atoms. The molecular weight excluding hydrogens is 224 g/mol. The van der Waals surface area contributed by atoms with Crippen molar-refractivity contribution in [2.24, 2.45) is 0 Å². The molecule has 1 aliphatic heterocycles. The van der Waals surface area contributed by atoms with E-state index in [4.69, 9.17) is 9.84 Å². The van der Waals surface area contributed by atoms with Gasteiger partial charge in [-0.3, -0.25) is 9.78 Å². The van der Waals surface area contributed by atoms with Gasteiger partial charge in [0.2, 0.25) is 0 Å². The van der Waals surface area contributed by atoms with Gasteiger partial charge >= 0.3 is 5.97 Å². The third kappa shape index (κ3) is 2.79. The molecule has 0 radical (unpaired) electrons. The normalized spacial score (nSPS) is 18.9. The van der Waals surface area contributed by atoms with Crippen molar-refractivity contribution in [3.05, 3.63) is 24.0 Å². The Kier molecular flexibility index (Phi) is 3.34.